The normalized spacial score (nSPS) is 22.4. The second-order valence-corrected chi connectivity index (χ2v) is 5.01. The molecule has 1 aliphatic heterocycles. The molecule has 1 aliphatic rings. The first-order chi connectivity index (χ1) is 10.1. The molecule has 2 atom stereocenters. The number of rotatable bonds is 2. The average Bonchev–Trinajstić information content (AvgIpc) is 2.97. The van der Waals surface area contributed by atoms with E-state index in [-0.39, 0.29) is 12.0 Å². The van der Waals surface area contributed by atoms with Crippen molar-refractivity contribution in [1.29, 1.82) is 0 Å². The minimum Gasteiger partial charge on any atom is -0.265 e. The first kappa shape index (κ1) is 14.0. The maximum Gasteiger partial charge on any atom is 0.416 e. The second kappa shape index (κ2) is 5.46. The SMILES string of the molecule is FC(F)(F)c1ccc(C2NNCC2c2ccncc2)cc1. The Morgan fingerprint density at radius 2 is 1.62 bits per heavy atom. The van der Waals surface area contributed by atoms with E-state index in [1.807, 2.05) is 12.1 Å². The van der Waals surface area contributed by atoms with Gasteiger partial charge in [-0.2, -0.15) is 13.2 Å². The summed E-state index contributed by atoms with van der Waals surface area (Å²) in [4.78, 5) is 3.99. The molecular formula is C15H14F3N3. The van der Waals surface area contributed by atoms with Crippen LogP contribution < -0.4 is 10.9 Å². The molecule has 0 bridgehead atoms. The lowest BCUT2D eigenvalue weighted by atomic mass is 9.89. The number of alkyl halides is 3. The Balaban J connectivity index is 1.86. The van der Waals surface area contributed by atoms with Crippen LogP contribution in [0.15, 0.2) is 48.8 Å². The number of benzene rings is 1. The second-order valence-electron chi connectivity index (χ2n) is 5.01. The first-order valence-corrected chi connectivity index (χ1v) is 6.61. The van der Waals surface area contributed by atoms with E-state index in [0.29, 0.717) is 0 Å². The van der Waals surface area contributed by atoms with Gasteiger partial charge in [0.05, 0.1) is 11.6 Å². The predicted molar refractivity (Wildman–Crippen MR) is 72.3 cm³/mol. The fourth-order valence-electron chi connectivity index (χ4n) is 2.61. The van der Waals surface area contributed by atoms with Crippen molar-refractivity contribution in [2.24, 2.45) is 0 Å². The molecule has 1 aromatic heterocycles. The molecule has 1 saturated heterocycles. The topological polar surface area (TPSA) is 37.0 Å². The van der Waals surface area contributed by atoms with E-state index in [1.165, 1.54) is 12.1 Å². The number of nitrogens with one attached hydrogen (secondary N) is 2. The average molecular weight is 293 g/mol. The summed E-state index contributed by atoms with van der Waals surface area (Å²) in [5.41, 5.74) is 7.51. The molecule has 2 N–H and O–H groups in total. The molecule has 2 aromatic rings. The molecule has 6 heteroatoms. The van der Waals surface area contributed by atoms with E-state index >= 15 is 0 Å². The standard InChI is InChI=1S/C15H14F3N3/c16-15(17,18)12-3-1-11(2-4-12)14-13(9-20-21-14)10-5-7-19-8-6-10/h1-8,13-14,20-21H,9H2. The fourth-order valence-corrected chi connectivity index (χ4v) is 2.61. The van der Waals surface area contributed by atoms with Crippen LogP contribution in [-0.4, -0.2) is 11.5 Å². The highest BCUT2D eigenvalue weighted by atomic mass is 19.4. The highest BCUT2D eigenvalue weighted by Crippen LogP contribution is 2.35. The van der Waals surface area contributed by atoms with Crippen LogP contribution in [0, 0.1) is 0 Å². The van der Waals surface area contributed by atoms with Crippen molar-refractivity contribution in [3.05, 3.63) is 65.5 Å². The van der Waals surface area contributed by atoms with Crippen LogP contribution in [0.3, 0.4) is 0 Å². The van der Waals surface area contributed by atoms with Crippen LogP contribution in [0.2, 0.25) is 0 Å². The smallest absolute Gasteiger partial charge is 0.265 e. The molecule has 21 heavy (non-hydrogen) atoms. The van der Waals surface area contributed by atoms with Gasteiger partial charge in [-0.1, -0.05) is 12.1 Å². The molecule has 0 amide bonds. The summed E-state index contributed by atoms with van der Waals surface area (Å²) in [5.74, 6) is 0.157. The maximum absolute atomic E-state index is 12.6. The molecular weight excluding hydrogens is 279 g/mol. The first-order valence-electron chi connectivity index (χ1n) is 6.61. The van der Waals surface area contributed by atoms with Crippen LogP contribution in [0.4, 0.5) is 13.2 Å². The lowest BCUT2D eigenvalue weighted by Gasteiger charge is -2.19. The van der Waals surface area contributed by atoms with Gasteiger partial charge in [0.25, 0.3) is 0 Å². The summed E-state index contributed by atoms with van der Waals surface area (Å²) >= 11 is 0. The zero-order valence-corrected chi connectivity index (χ0v) is 11.1. The van der Waals surface area contributed by atoms with Crippen molar-refractivity contribution in [2.75, 3.05) is 6.54 Å². The summed E-state index contributed by atoms with van der Waals surface area (Å²) in [7, 11) is 0. The van der Waals surface area contributed by atoms with Gasteiger partial charge in [0, 0.05) is 24.9 Å². The van der Waals surface area contributed by atoms with E-state index in [9.17, 15) is 13.2 Å². The third-order valence-electron chi connectivity index (χ3n) is 3.71. The molecule has 2 heterocycles. The number of nitrogens with zero attached hydrogens (tertiary/aromatic N) is 1. The van der Waals surface area contributed by atoms with Crippen LogP contribution in [0.5, 0.6) is 0 Å². The monoisotopic (exact) mass is 293 g/mol. The summed E-state index contributed by atoms with van der Waals surface area (Å²) < 4.78 is 37.8. The number of halogens is 3. The molecule has 0 saturated carbocycles. The van der Waals surface area contributed by atoms with Gasteiger partial charge in [0.1, 0.15) is 0 Å². The highest BCUT2D eigenvalue weighted by molar-refractivity contribution is 5.31. The van der Waals surface area contributed by atoms with Gasteiger partial charge < -0.3 is 0 Å². The Morgan fingerprint density at radius 1 is 0.952 bits per heavy atom. The predicted octanol–water partition coefficient (Wildman–Crippen LogP) is 3.03. The van der Waals surface area contributed by atoms with Crippen molar-refractivity contribution in [3.63, 3.8) is 0 Å². The number of hydrogen-bond acceptors (Lipinski definition) is 3. The van der Waals surface area contributed by atoms with Gasteiger partial charge in [-0.05, 0) is 35.4 Å². The Kier molecular flexibility index (Phi) is 3.65. The van der Waals surface area contributed by atoms with Crippen LogP contribution >= 0.6 is 0 Å². The Labute approximate surface area is 120 Å². The number of hydrazine groups is 1. The van der Waals surface area contributed by atoms with Crippen molar-refractivity contribution in [1.82, 2.24) is 15.8 Å². The lowest BCUT2D eigenvalue weighted by molar-refractivity contribution is -0.137. The van der Waals surface area contributed by atoms with Gasteiger partial charge in [0.15, 0.2) is 0 Å². The van der Waals surface area contributed by atoms with Gasteiger partial charge in [-0.15, -0.1) is 0 Å². The molecule has 3 rings (SSSR count). The van der Waals surface area contributed by atoms with Crippen molar-refractivity contribution < 1.29 is 13.2 Å². The quantitative estimate of drug-likeness (QED) is 0.893. The van der Waals surface area contributed by atoms with Gasteiger partial charge >= 0.3 is 6.18 Å². The zero-order chi connectivity index (χ0) is 14.9. The van der Waals surface area contributed by atoms with Crippen molar-refractivity contribution >= 4 is 0 Å². The molecule has 1 fully saturated rings. The molecule has 1 aromatic carbocycles. The summed E-state index contributed by atoms with van der Waals surface area (Å²) in [6.07, 6.45) is -0.862. The zero-order valence-electron chi connectivity index (χ0n) is 11.1. The van der Waals surface area contributed by atoms with Crippen LogP contribution in [0.1, 0.15) is 28.7 Å². The lowest BCUT2D eigenvalue weighted by Crippen LogP contribution is -2.25. The molecule has 3 nitrogen and oxygen atoms in total. The van der Waals surface area contributed by atoms with Crippen molar-refractivity contribution in [3.8, 4) is 0 Å². The minimum absolute atomic E-state index is 0.0605. The summed E-state index contributed by atoms with van der Waals surface area (Å²) in [5, 5.41) is 0. The largest absolute Gasteiger partial charge is 0.416 e. The third-order valence-corrected chi connectivity index (χ3v) is 3.71. The van der Waals surface area contributed by atoms with Gasteiger partial charge in [0.2, 0.25) is 0 Å². The Bertz CT molecular complexity index is 596. The molecule has 0 spiro atoms. The van der Waals surface area contributed by atoms with E-state index in [4.69, 9.17) is 0 Å². The minimum atomic E-state index is -4.30. The number of aromatic nitrogens is 1. The number of pyridine rings is 1. The number of hydrogen-bond donors (Lipinski definition) is 2. The van der Waals surface area contributed by atoms with Gasteiger partial charge in [-0.25, -0.2) is 5.43 Å². The van der Waals surface area contributed by atoms with Gasteiger partial charge in [-0.3, -0.25) is 10.4 Å². The van der Waals surface area contributed by atoms with E-state index in [0.717, 1.165) is 29.8 Å². The van der Waals surface area contributed by atoms with E-state index in [2.05, 4.69) is 15.8 Å². The molecule has 0 radical (unpaired) electrons. The molecule has 0 aliphatic carbocycles. The molecule has 110 valence electrons. The Hall–Kier alpha value is -1.92. The van der Waals surface area contributed by atoms with E-state index < -0.39 is 11.7 Å². The van der Waals surface area contributed by atoms with Crippen LogP contribution in [0.25, 0.3) is 0 Å². The van der Waals surface area contributed by atoms with Crippen LogP contribution in [-0.2, 0) is 6.18 Å². The maximum atomic E-state index is 12.6. The van der Waals surface area contributed by atoms with E-state index in [1.54, 1.807) is 12.4 Å². The summed E-state index contributed by atoms with van der Waals surface area (Å²) in [6.45, 7) is 0.718. The highest BCUT2D eigenvalue weighted by Gasteiger charge is 2.32. The fraction of sp³-hybridized carbons (Fsp3) is 0.267. The third kappa shape index (κ3) is 2.91. The Morgan fingerprint density at radius 3 is 2.24 bits per heavy atom. The molecule has 2 unspecified atom stereocenters. The summed E-state index contributed by atoms with van der Waals surface area (Å²) in [6, 6.07) is 9.10. The van der Waals surface area contributed by atoms with Crippen molar-refractivity contribution in [2.45, 2.75) is 18.1 Å².